The second kappa shape index (κ2) is 5.88. The average Bonchev–Trinajstić information content (AvgIpc) is 3.04. The van der Waals surface area contributed by atoms with E-state index in [9.17, 15) is 10.1 Å². The van der Waals surface area contributed by atoms with E-state index in [2.05, 4.69) is 59.1 Å². The highest BCUT2D eigenvalue weighted by atomic mass is 127. The number of hydrogen-bond donors (Lipinski definition) is 1. The van der Waals surface area contributed by atoms with E-state index in [0.29, 0.717) is 11.8 Å². The van der Waals surface area contributed by atoms with Gasteiger partial charge in [0.2, 0.25) is 0 Å². The van der Waals surface area contributed by atoms with Crippen molar-refractivity contribution in [3.05, 3.63) is 78.9 Å². The van der Waals surface area contributed by atoms with E-state index in [-0.39, 0.29) is 16.7 Å². The lowest BCUT2D eigenvalue weighted by Gasteiger charge is -2.38. The number of nitro benzene ring substituents is 1. The zero-order chi connectivity index (χ0) is 16.8. The van der Waals surface area contributed by atoms with E-state index in [0.717, 1.165) is 12.0 Å². The molecule has 0 fully saturated rings. The SMILES string of the molecule is Cc1cc(I)cc2c1N[C@@H](c1ccc([N+](=O)[O-])cc1)[C@@H]1CC=C[C@H]21. The van der Waals surface area contributed by atoms with Crippen LogP contribution in [0.25, 0.3) is 0 Å². The molecule has 5 heteroatoms. The summed E-state index contributed by atoms with van der Waals surface area (Å²) in [6.45, 7) is 2.14. The first-order chi connectivity index (χ1) is 11.5. The normalized spacial score (nSPS) is 24.2. The molecule has 0 amide bonds. The number of allylic oxidation sites excluding steroid dienone is 2. The molecule has 4 rings (SSSR count). The molecular formula is C19H17IN2O2. The number of halogens is 1. The first kappa shape index (κ1) is 15.6. The summed E-state index contributed by atoms with van der Waals surface area (Å²) in [5, 5.41) is 14.6. The van der Waals surface area contributed by atoms with E-state index in [1.54, 1.807) is 12.1 Å². The Bertz CT molecular complexity index is 845. The molecule has 122 valence electrons. The Morgan fingerprint density at radius 1 is 1.25 bits per heavy atom. The van der Waals surface area contributed by atoms with E-state index < -0.39 is 0 Å². The predicted molar refractivity (Wildman–Crippen MR) is 103 cm³/mol. The van der Waals surface area contributed by atoms with Gasteiger partial charge in [0, 0.05) is 27.3 Å². The maximum atomic E-state index is 10.9. The number of nitrogens with zero attached hydrogens (tertiary/aromatic N) is 1. The van der Waals surface area contributed by atoms with Crippen LogP contribution in [-0.2, 0) is 0 Å². The van der Waals surface area contributed by atoms with Crippen LogP contribution in [0.4, 0.5) is 11.4 Å². The molecule has 2 aromatic carbocycles. The van der Waals surface area contributed by atoms with Gasteiger partial charge in [0.25, 0.3) is 5.69 Å². The van der Waals surface area contributed by atoms with Gasteiger partial charge in [-0.05, 0) is 70.7 Å². The lowest BCUT2D eigenvalue weighted by atomic mass is 9.76. The summed E-state index contributed by atoms with van der Waals surface area (Å²) in [6.07, 6.45) is 5.61. The molecule has 0 saturated carbocycles. The minimum Gasteiger partial charge on any atom is -0.377 e. The molecule has 0 bridgehead atoms. The summed E-state index contributed by atoms with van der Waals surface area (Å²) in [7, 11) is 0. The topological polar surface area (TPSA) is 55.2 Å². The quantitative estimate of drug-likeness (QED) is 0.302. The van der Waals surface area contributed by atoms with Crippen LogP contribution in [0.1, 0.15) is 35.1 Å². The van der Waals surface area contributed by atoms with E-state index in [4.69, 9.17) is 0 Å². The molecule has 0 radical (unpaired) electrons. The van der Waals surface area contributed by atoms with Gasteiger partial charge in [-0.3, -0.25) is 10.1 Å². The number of hydrogen-bond acceptors (Lipinski definition) is 3. The van der Waals surface area contributed by atoms with Gasteiger partial charge in [0.15, 0.2) is 0 Å². The predicted octanol–water partition coefficient (Wildman–Crippen LogP) is 5.33. The number of anilines is 1. The largest absolute Gasteiger partial charge is 0.377 e. The van der Waals surface area contributed by atoms with Gasteiger partial charge in [0.05, 0.1) is 11.0 Å². The first-order valence-electron chi connectivity index (χ1n) is 8.02. The molecule has 1 N–H and O–H groups in total. The standard InChI is InChI=1S/C19H17IN2O2/c1-11-9-13(20)10-17-15-3-2-4-16(15)19(21-18(11)17)12-5-7-14(8-6-12)22(23)24/h2-3,5-10,15-16,19,21H,4H2,1H3/t15-,16+,19-/m0/s1. The highest BCUT2D eigenvalue weighted by molar-refractivity contribution is 14.1. The minimum absolute atomic E-state index is 0.141. The fourth-order valence-corrected chi connectivity index (χ4v) is 4.78. The number of nitro groups is 1. The molecule has 2 aliphatic rings. The molecule has 1 aliphatic heterocycles. The monoisotopic (exact) mass is 432 g/mol. The van der Waals surface area contributed by atoms with Crippen LogP contribution in [0.5, 0.6) is 0 Å². The summed E-state index contributed by atoms with van der Waals surface area (Å²) in [5.41, 5.74) is 5.09. The van der Waals surface area contributed by atoms with Gasteiger partial charge in [-0.1, -0.05) is 24.3 Å². The van der Waals surface area contributed by atoms with E-state index in [1.165, 1.54) is 20.4 Å². The first-order valence-corrected chi connectivity index (χ1v) is 9.10. The fraction of sp³-hybridized carbons (Fsp3) is 0.263. The van der Waals surface area contributed by atoms with Gasteiger partial charge in [0.1, 0.15) is 0 Å². The van der Waals surface area contributed by atoms with Crippen molar-refractivity contribution in [3.63, 3.8) is 0 Å². The maximum Gasteiger partial charge on any atom is 0.269 e. The van der Waals surface area contributed by atoms with Crippen molar-refractivity contribution in [1.29, 1.82) is 0 Å². The molecule has 0 aromatic heterocycles. The number of aryl methyl sites for hydroxylation is 1. The average molecular weight is 432 g/mol. The third kappa shape index (κ3) is 2.51. The van der Waals surface area contributed by atoms with Crippen molar-refractivity contribution in [1.82, 2.24) is 0 Å². The van der Waals surface area contributed by atoms with E-state index >= 15 is 0 Å². The molecule has 0 saturated heterocycles. The second-order valence-corrected chi connectivity index (χ2v) is 7.76. The van der Waals surface area contributed by atoms with Gasteiger partial charge < -0.3 is 5.32 Å². The molecule has 3 atom stereocenters. The van der Waals surface area contributed by atoms with Crippen LogP contribution in [0, 0.1) is 26.5 Å². The zero-order valence-corrected chi connectivity index (χ0v) is 15.4. The Morgan fingerprint density at radius 3 is 2.71 bits per heavy atom. The second-order valence-electron chi connectivity index (χ2n) is 6.51. The summed E-state index contributed by atoms with van der Waals surface area (Å²) < 4.78 is 1.26. The highest BCUT2D eigenvalue weighted by Crippen LogP contribution is 2.51. The van der Waals surface area contributed by atoms with Crippen molar-refractivity contribution < 1.29 is 4.92 Å². The third-order valence-electron chi connectivity index (χ3n) is 5.09. The smallest absolute Gasteiger partial charge is 0.269 e. The van der Waals surface area contributed by atoms with Crippen LogP contribution in [0.15, 0.2) is 48.6 Å². The molecule has 24 heavy (non-hydrogen) atoms. The lowest BCUT2D eigenvalue weighted by Crippen LogP contribution is -2.29. The lowest BCUT2D eigenvalue weighted by molar-refractivity contribution is -0.384. The third-order valence-corrected chi connectivity index (χ3v) is 5.72. The van der Waals surface area contributed by atoms with Crippen LogP contribution >= 0.6 is 22.6 Å². The van der Waals surface area contributed by atoms with Gasteiger partial charge in [-0.2, -0.15) is 0 Å². The molecule has 0 spiro atoms. The Kier molecular flexibility index (Phi) is 3.83. The number of fused-ring (bicyclic) bond motifs is 3. The van der Waals surface area contributed by atoms with Crippen LogP contribution < -0.4 is 5.32 Å². The van der Waals surface area contributed by atoms with Crippen LogP contribution in [-0.4, -0.2) is 4.92 Å². The summed E-state index contributed by atoms with van der Waals surface area (Å²) in [5.74, 6) is 0.867. The van der Waals surface area contributed by atoms with Gasteiger partial charge in [-0.25, -0.2) is 0 Å². The summed E-state index contributed by atoms with van der Waals surface area (Å²) in [6, 6.07) is 11.6. The molecule has 0 unspecified atom stereocenters. The number of benzene rings is 2. The van der Waals surface area contributed by atoms with Crippen molar-refractivity contribution in [2.75, 3.05) is 5.32 Å². The van der Waals surface area contributed by atoms with Gasteiger partial charge >= 0.3 is 0 Å². The maximum absolute atomic E-state index is 10.9. The summed E-state index contributed by atoms with van der Waals surface area (Å²) in [4.78, 5) is 10.5. The number of nitrogens with one attached hydrogen (secondary N) is 1. The fourth-order valence-electron chi connectivity index (χ4n) is 3.97. The van der Waals surface area contributed by atoms with Crippen molar-refractivity contribution in [3.8, 4) is 0 Å². The van der Waals surface area contributed by atoms with Gasteiger partial charge in [-0.15, -0.1) is 0 Å². The number of non-ortho nitro benzene ring substituents is 1. The van der Waals surface area contributed by atoms with Crippen molar-refractivity contribution >= 4 is 34.0 Å². The Morgan fingerprint density at radius 2 is 2.00 bits per heavy atom. The molecule has 2 aromatic rings. The van der Waals surface area contributed by atoms with Crippen LogP contribution in [0.3, 0.4) is 0 Å². The zero-order valence-electron chi connectivity index (χ0n) is 13.2. The molecule has 1 heterocycles. The van der Waals surface area contributed by atoms with Crippen LogP contribution in [0.2, 0.25) is 0 Å². The minimum atomic E-state index is -0.348. The highest BCUT2D eigenvalue weighted by Gasteiger charge is 2.38. The Hall–Kier alpha value is -1.89. The number of rotatable bonds is 2. The molecule has 1 aliphatic carbocycles. The summed E-state index contributed by atoms with van der Waals surface area (Å²) >= 11 is 2.38. The van der Waals surface area contributed by atoms with E-state index in [1.807, 2.05) is 12.1 Å². The Labute approximate surface area is 154 Å². The molecule has 4 nitrogen and oxygen atoms in total. The van der Waals surface area contributed by atoms with Crippen molar-refractivity contribution in [2.24, 2.45) is 5.92 Å². The Balaban J connectivity index is 1.76. The van der Waals surface area contributed by atoms with Crippen molar-refractivity contribution in [2.45, 2.75) is 25.3 Å². The molecular weight excluding hydrogens is 415 g/mol.